The Morgan fingerprint density at radius 1 is 1.82 bits per heavy atom. The Morgan fingerprint density at radius 2 is 2.55 bits per heavy atom. The molecule has 1 rings (SSSR count). The van der Waals surface area contributed by atoms with Crippen LogP contribution in [0.3, 0.4) is 0 Å². The van der Waals surface area contributed by atoms with E-state index in [4.69, 9.17) is 4.74 Å². The number of aromatic nitrogens is 1. The molecule has 0 aromatic carbocycles. The molecule has 0 saturated heterocycles. The van der Waals surface area contributed by atoms with Gasteiger partial charge in [-0.3, -0.25) is 0 Å². The number of hydrogen-bond acceptors (Lipinski definition) is 4. The minimum Gasteiger partial charge on any atom is -0.460 e. The number of ether oxygens (including phenoxy) is 1. The van der Waals surface area contributed by atoms with E-state index in [2.05, 4.69) is 9.68 Å². The van der Waals surface area contributed by atoms with Crippen molar-refractivity contribution in [1.29, 1.82) is 0 Å². The summed E-state index contributed by atoms with van der Waals surface area (Å²) in [7, 11) is 0. The van der Waals surface area contributed by atoms with Gasteiger partial charge in [-0.15, -0.1) is 0 Å². The van der Waals surface area contributed by atoms with Gasteiger partial charge < -0.3 is 9.26 Å². The fourth-order valence-electron chi connectivity index (χ4n) is 0.684. The van der Waals surface area contributed by atoms with Gasteiger partial charge in [-0.2, -0.15) is 0 Å². The van der Waals surface area contributed by atoms with Crippen molar-refractivity contribution in [2.45, 2.75) is 13.8 Å². The SMILES string of the molecule is CCOC(=O)c1oncc1C. The Balaban J connectivity index is 2.76. The lowest BCUT2D eigenvalue weighted by molar-refractivity contribution is 0.0478. The van der Waals surface area contributed by atoms with Gasteiger partial charge in [0.1, 0.15) is 0 Å². The first-order valence-corrected chi connectivity index (χ1v) is 3.34. The van der Waals surface area contributed by atoms with E-state index in [9.17, 15) is 4.79 Å². The molecule has 0 amide bonds. The molecule has 0 fully saturated rings. The van der Waals surface area contributed by atoms with Crippen molar-refractivity contribution >= 4 is 5.97 Å². The summed E-state index contributed by atoms with van der Waals surface area (Å²) in [5.74, 6) is -0.269. The monoisotopic (exact) mass is 155 g/mol. The van der Waals surface area contributed by atoms with Crippen LogP contribution in [0.15, 0.2) is 10.7 Å². The summed E-state index contributed by atoms with van der Waals surface area (Å²) >= 11 is 0. The lowest BCUT2D eigenvalue weighted by Crippen LogP contribution is -2.04. The predicted molar refractivity (Wildman–Crippen MR) is 37.2 cm³/mol. The van der Waals surface area contributed by atoms with Crippen LogP contribution in [0, 0.1) is 6.92 Å². The molecule has 0 radical (unpaired) electrons. The molecule has 0 unspecified atom stereocenters. The lowest BCUT2D eigenvalue weighted by Gasteiger charge is -1.96. The van der Waals surface area contributed by atoms with Crippen molar-refractivity contribution in [1.82, 2.24) is 5.16 Å². The average molecular weight is 155 g/mol. The van der Waals surface area contributed by atoms with E-state index < -0.39 is 5.97 Å². The maximum atomic E-state index is 11.0. The molecule has 1 aromatic rings. The highest BCUT2D eigenvalue weighted by atomic mass is 16.6. The number of esters is 1. The summed E-state index contributed by atoms with van der Waals surface area (Å²) in [5.41, 5.74) is 0.698. The third-order valence-electron chi connectivity index (χ3n) is 1.21. The van der Waals surface area contributed by atoms with E-state index in [1.165, 1.54) is 6.20 Å². The van der Waals surface area contributed by atoms with E-state index >= 15 is 0 Å². The number of carbonyl (C=O) groups excluding carboxylic acids is 1. The van der Waals surface area contributed by atoms with Crippen molar-refractivity contribution in [3.8, 4) is 0 Å². The van der Waals surface area contributed by atoms with Crippen LogP contribution in [0.25, 0.3) is 0 Å². The summed E-state index contributed by atoms with van der Waals surface area (Å²) in [5, 5.41) is 3.45. The van der Waals surface area contributed by atoms with Crippen molar-refractivity contribution < 1.29 is 14.1 Å². The molecule has 0 bridgehead atoms. The summed E-state index contributed by atoms with van der Waals surface area (Å²) < 4.78 is 9.35. The van der Waals surface area contributed by atoms with Gasteiger partial charge in [0.15, 0.2) is 0 Å². The standard InChI is InChI=1S/C7H9NO3/c1-3-10-7(9)6-5(2)4-8-11-6/h4H,3H2,1-2H3. The zero-order chi connectivity index (χ0) is 8.27. The highest BCUT2D eigenvalue weighted by Gasteiger charge is 2.14. The molecule has 0 aliphatic carbocycles. The van der Waals surface area contributed by atoms with Gasteiger partial charge in [0.05, 0.1) is 12.8 Å². The molecule has 0 aliphatic heterocycles. The zero-order valence-corrected chi connectivity index (χ0v) is 6.46. The first kappa shape index (κ1) is 7.78. The van der Waals surface area contributed by atoms with Gasteiger partial charge in [-0.1, -0.05) is 5.16 Å². The van der Waals surface area contributed by atoms with Gasteiger partial charge in [-0.25, -0.2) is 4.79 Å². The van der Waals surface area contributed by atoms with Crippen molar-refractivity contribution in [2.24, 2.45) is 0 Å². The maximum Gasteiger partial charge on any atom is 0.377 e. The van der Waals surface area contributed by atoms with Gasteiger partial charge in [0.2, 0.25) is 5.76 Å². The number of nitrogens with zero attached hydrogens (tertiary/aromatic N) is 1. The van der Waals surface area contributed by atoms with Crippen LogP contribution in [0.1, 0.15) is 23.0 Å². The van der Waals surface area contributed by atoms with Crippen molar-refractivity contribution in [3.05, 3.63) is 17.5 Å². The van der Waals surface area contributed by atoms with E-state index in [-0.39, 0.29) is 5.76 Å². The molecule has 4 heteroatoms. The largest absolute Gasteiger partial charge is 0.460 e. The van der Waals surface area contributed by atoms with Crippen LogP contribution in [-0.4, -0.2) is 17.7 Å². The third kappa shape index (κ3) is 1.58. The van der Waals surface area contributed by atoms with Crippen LogP contribution < -0.4 is 0 Å². The quantitative estimate of drug-likeness (QED) is 0.601. The van der Waals surface area contributed by atoms with Gasteiger partial charge >= 0.3 is 5.97 Å². The minimum atomic E-state index is -0.456. The second-order valence-corrected chi connectivity index (χ2v) is 2.06. The van der Waals surface area contributed by atoms with Crippen LogP contribution >= 0.6 is 0 Å². The highest BCUT2D eigenvalue weighted by Crippen LogP contribution is 2.06. The predicted octanol–water partition coefficient (Wildman–Crippen LogP) is 1.16. The fraction of sp³-hybridized carbons (Fsp3) is 0.429. The molecule has 0 aliphatic rings. The minimum absolute atomic E-state index is 0.187. The second kappa shape index (κ2) is 3.18. The number of carbonyl (C=O) groups is 1. The highest BCUT2D eigenvalue weighted by molar-refractivity contribution is 5.87. The Hall–Kier alpha value is -1.32. The van der Waals surface area contributed by atoms with E-state index in [0.29, 0.717) is 12.2 Å². The lowest BCUT2D eigenvalue weighted by atomic mass is 10.3. The molecule has 4 nitrogen and oxygen atoms in total. The summed E-state index contributed by atoms with van der Waals surface area (Å²) in [4.78, 5) is 11.0. The third-order valence-corrected chi connectivity index (χ3v) is 1.21. The molecule has 60 valence electrons. The fourth-order valence-corrected chi connectivity index (χ4v) is 0.684. The van der Waals surface area contributed by atoms with E-state index in [0.717, 1.165) is 0 Å². The molecule has 0 spiro atoms. The Labute approximate surface area is 64.1 Å². The summed E-state index contributed by atoms with van der Waals surface area (Å²) in [6.07, 6.45) is 1.48. The number of hydrogen-bond donors (Lipinski definition) is 0. The maximum absolute atomic E-state index is 11.0. The molecule has 11 heavy (non-hydrogen) atoms. The van der Waals surface area contributed by atoms with Gasteiger partial charge in [-0.05, 0) is 13.8 Å². The molecular formula is C7H9NO3. The zero-order valence-electron chi connectivity index (χ0n) is 6.46. The topological polar surface area (TPSA) is 52.3 Å². The van der Waals surface area contributed by atoms with Crippen LogP contribution in [0.5, 0.6) is 0 Å². The summed E-state index contributed by atoms with van der Waals surface area (Å²) in [6, 6.07) is 0. The molecule has 1 aromatic heterocycles. The van der Waals surface area contributed by atoms with E-state index in [1.807, 2.05) is 0 Å². The molecule has 0 N–H and O–H groups in total. The molecular weight excluding hydrogens is 146 g/mol. The van der Waals surface area contributed by atoms with Crippen LogP contribution in [0.2, 0.25) is 0 Å². The van der Waals surface area contributed by atoms with Gasteiger partial charge in [0.25, 0.3) is 0 Å². The first-order chi connectivity index (χ1) is 5.25. The Kier molecular flexibility index (Phi) is 2.25. The normalized spacial score (nSPS) is 9.64. The molecule has 1 heterocycles. The van der Waals surface area contributed by atoms with Crippen molar-refractivity contribution in [2.75, 3.05) is 6.61 Å². The van der Waals surface area contributed by atoms with E-state index in [1.54, 1.807) is 13.8 Å². The Bertz CT molecular complexity index is 254. The molecule has 0 saturated carbocycles. The first-order valence-electron chi connectivity index (χ1n) is 3.34. The number of rotatable bonds is 2. The van der Waals surface area contributed by atoms with Gasteiger partial charge in [0, 0.05) is 5.56 Å². The average Bonchev–Trinajstić information content (AvgIpc) is 2.36. The smallest absolute Gasteiger partial charge is 0.377 e. The van der Waals surface area contributed by atoms with Crippen LogP contribution in [0.4, 0.5) is 0 Å². The second-order valence-electron chi connectivity index (χ2n) is 2.06. The molecule has 0 atom stereocenters. The van der Waals surface area contributed by atoms with Crippen LogP contribution in [-0.2, 0) is 4.74 Å². The Morgan fingerprint density at radius 3 is 3.00 bits per heavy atom. The van der Waals surface area contributed by atoms with Crippen molar-refractivity contribution in [3.63, 3.8) is 0 Å². The summed E-state index contributed by atoms with van der Waals surface area (Å²) in [6.45, 7) is 3.82. The number of aryl methyl sites for hydroxylation is 1.